The van der Waals surface area contributed by atoms with Crippen LogP contribution in [0.2, 0.25) is 0 Å². The standard InChI is InChI=1S/C15H24N2O3/c1-5-15(13(18)19)7-6-8-17(15)10-12-16-9-11(20-12)14(2,3)4/h9H,5-8,10H2,1-4H3,(H,18,19). The summed E-state index contributed by atoms with van der Waals surface area (Å²) in [5.41, 5.74) is -0.832. The van der Waals surface area contributed by atoms with Crippen LogP contribution in [-0.2, 0) is 16.8 Å². The number of hydrogen-bond acceptors (Lipinski definition) is 4. The Hall–Kier alpha value is -1.36. The lowest BCUT2D eigenvalue weighted by atomic mass is 9.93. The summed E-state index contributed by atoms with van der Waals surface area (Å²) in [7, 11) is 0. The summed E-state index contributed by atoms with van der Waals surface area (Å²) in [6.07, 6.45) is 3.97. The summed E-state index contributed by atoms with van der Waals surface area (Å²) in [6.45, 7) is 9.40. The number of aromatic nitrogens is 1. The molecule has 0 bridgehead atoms. The number of likely N-dealkylation sites (tertiary alicyclic amines) is 1. The first-order valence-corrected chi connectivity index (χ1v) is 7.23. The van der Waals surface area contributed by atoms with Crippen LogP contribution in [0.4, 0.5) is 0 Å². The van der Waals surface area contributed by atoms with E-state index in [9.17, 15) is 9.90 Å². The molecule has 1 aromatic heterocycles. The number of carboxylic acids is 1. The van der Waals surface area contributed by atoms with Gasteiger partial charge in [0.1, 0.15) is 11.3 Å². The molecular formula is C15H24N2O3. The van der Waals surface area contributed by atoms with Gasteiger partial charge in [-0.3, -0.25) is 9.69 Å². The van der Waals surface area contributed by atoms with E-state index in [-0.39, 0.29) is 5.41 Å². The van der Waals surface area contributed by atoms with Gasteiger partial charge in [0.2, 0.25) is 5.89 Å². The number of carboxylic acid groups (broad SMARTS) is 1. The van der Waals surface area contributed by atoms with Crippen LogP contribution in [0, 0.1) is 0 Å². The lowest BCUT2D eigenvalue weighted by Crippen LogP contribution is -2.49. The third-order valence-electron chi connectivity index (χ3n) is 4.23. The maximum atomic E-state index is 11.6. The van der Waals surface area contributed by atoms with Gasteiger partial charge < -0.3 is 9.52 Å². The fourth-order valence-electron chi connectivity index (χ4n) is 2.85. The van der Waals surface area contributed by atoms with Crippen LogP contribution in [0.25, 0.3) is 0 Å². The molecule has 1 N–H and O–H groups in total. The normalized spacial score (nSPS) is 24.2. The second kappa shape index (κ2) is 5.20. The lowest BCUT2D eigenvalue weighted by Gasteiger charge is -2.32. The Labute approximate surface area is 120 Å². The minimum absolute atomic E-state index is 0.0785. The van der Waals surface area contributed by atoms with Gasteiger partial charge >= 0.3 is 5.97 Å². The van der Waals surface area contributed by atoms with E-state index in [4.69, 9.17) is 4.42 Å². The van der Waals surface area contributed by atoms with E-state index in [1.54, 1.807) is 6.20 Å². The first kappa shape index (κ1) is 15.0. The Balaban J connectivity index is 2.17. The minimum Gasteiger partial charge on any atom is -0.480 e. The molecule has 5 nitrogen and oxygen atoms in total. The maximum absolute atomic E-state index is 11.6. The van der Waals surface area contributed by atoms with Crippen LogP contribution < -0.4 is 0 Å². The van der Waals surface area contributed by atoms with Gasteiger partial charge in [0.25, 0.3) is 0 Å². The Kier molecular flexibility index (Phi) is 3.91. The average Bonchev–Trinajstić information content (AvgIpc) is 2.96. The first-order chi connectivity index (χ1) is 9.29. The molecule has 0 amide bonds. The molecule has 1 saturated heterocycles. The summed E-state index contributed by atoms with van der Waals surface area (Å²) < 4.78 is 5.78. The number of carbonyl (C=O) groups is 1. The number of oxazole rings is 1. The van der Waals surface area contributed by atoms with Gasteiger partial charge in [-0.2, -0.15) is 0 Å². The third kappa shape index (κ3) is 2.59. The van der Waals surface area contributed by atoms with E-state index in [0.29, 0.717) is 25.3 Å². The summed E-state index contributed by atoms with van der Waals surface area (Å²) in [6, 6.07) is 0. The molecule has 1 aliphatic rings. The molecule has 112 valence electrons. The number of rotatable bonds is 4. The Bertz CT molecular complexity index is 490. The Morgan fingerprint density at radius 2 is 2.25 bits per heavy atom. The highest BCUT2D eigenvalue weighted by Gasteiger charge is 2.46. The number of nitrogens with zero attached hydrogens (tertiary/aromatic N) is 2. The van der Waals surface area contributed by atoms with Crippen LogP contribution in [-0.4, -0.2) is 33.0 Å². The molecule has 0 spiro atoms. The topological polar surface area (TPSA) is 66.6 Å². The molecular weight excluding hydrogens is 256 g/mol. The minimum atomic E-state index is -0.754. The van der Waals surface area contributed by atoms with Crippen molar-refractivity contribution in [2.75, 3.05) is 6.54 Å². The summed E-state index contributed by atoms with van der Waals surface area (Å²) in [4.78, 5) is 17.9. The van der Waals surface area contributed by atoms with E-state index in [2.05, 4.69) is 25.8 Å². The number of aliphatic carboxylic acids is 1. The SMILES string of the molecule is CCC1(C(=O)O)CCCN1Cc1ncc(C(C)(C)C)o1. The molecule has 2 heterocycles. The van der Waals surface area contributed by atoms with Gasteiger partial charge in [0.05, 0.1) is 12.7 Å². The van der Waals surface area contributed by atoms with Crippen LogP contribution in [0.5, 0.6) is 0 Å². The van der Waals surface area contributed by atoms with Gasteiger partial charge in [-0.05, 0) is 25.8 Å². The molecule has 2 rings (SSSR count). The van der Waals surface area contributed by atoms with Gasteiger partial charge in [-0.15, -0.1) is 0 Å². The molecule has 0 saturated carbocycles. The van der Waals surface area contributed by atoms with Crippen molar-refractivity contribution in [2.45, 2.75) is 64.5 Å². The first-order valence-electron chi connectivity index (χ1n) is 7.23. The zero-order chi connectivity index (χ0) is 15.0. The van der Waals surface area contributed by atoms with Crippen molar-refractivity contribution in [3.8, 4) is 0 Å². The van der Waals surface area contributed by atoms with Crippen molar-refractivity contribution < 1.29 is 14.3 Å². The van der Waals surface area contributed by atoms with Crippen LogP contribution in [0.3, 0.4) is 0 Å². The molecule has 1 aromatic rings. The molecule has 0 radical (unpaired) electrons. The molecule has 0 aromatic carbocycles. The monoisotopic (exact) mass is 280 g/mol. The van der Waals surface area contributed by atoms with E-state index in [0.717, 1.165) is 18.7 Å². The van der Waals surface area contributed by atoms with Crippen molar-refractivity contribution in [3.63, 3.8) is 0 Å². The molecule has 1 unspecified atom stereocenters. The highest BCUT2D eigenvalue weighted by atomic mass is 16.4. The van der Waals surface area contributed by atoms with Crippen LogP contribution in [0.1, 0.15) is 58.6 Å². The maximum Gasteiger partial charge on any atom is 0.324 e. The molecule has 1 fully saturated rings. The summed E-state index contributed by atoms with van der Waals surface area (Å²) in [5, 5.41) is 9.55. The van der Waals surface area contributed by atoms with Gasteiger partial charge in [-0.25, -0.2) is 4.98 Å². The van der Waals surface area contributed by atoms with Gasteiger partial charge in [0, 0.05) is 5.41 Å². The van der Waals surface area contributed by atoms with Crippen molar-refractivity contribution in [3.05, 3.63) is 17.8 Å². The zero-order valence-corrected chi connectivity index (χ0v) is 12.8. The molecule has 0 aliphatic carbocycles. The predicted octanol–water partition coefficient (Wildman–Crippen LogP) is 2.80. The second-order valence-corrected chi connectivity index (χ2v) is 6.58. The van der Waals surface area contributed by atoms with Crippen molar-refractivity contribution in [1.82, 2.24) is 9.88 Å². The second-order valence-electron chi connectivity index (χ2n) is 6.58. The predicted molar refractivity (Wildman–Crippen MR) is 75.5 cm³/mol. The Morgan fingerprint density at radius 1 is 1.55 bits per heavy atom. The fourth-order valence-corrected chi connectivity index (χ4v) is 2.85. The van der Waals surface area contributed by atoms with E-state index in [1.807, 2.05) is 11.8 Å². The van der Waals surface area contributed by atoms with E-state index < -0.39 is 11.5 Å². The van der Waals surface area contributed by atoms with Crippen molar-refractivity contribution in [2.24, 2.45) is 0 Å². The highest BCUT2D eigenvalue weighted by molar-refractivity contribution is 5.79. The molecule has 20 heavy (non-hydrogen) atoms. The molecule has 5 heteroatoms. The lowest BCUT2D eigenvalue weighted by molar-refractivity contribution is -0.150. The fraction of sp³-hybridized carbons (Fsp3) is 0.733. The molecule has 1 atom stereocenters. The number of hydrogen-bond donors (Lipinski definition) is 1. The zero-order valence-electron chi connectivity index (χ0n) is 12.8. The van der Waals surface area contributed by atoms with Crippen molar-refractivity contribution in [1.29, 1.82) is 0 Å². The third-order valence-corrected chi connectivity index (χ3v) is 4.23. The van der Waals surface area contributed by atoms with E-state index >= 15 is 0 Å². The summed E-state index contributed by atoms with van der Waals surface area (Å²) in [5.74, 6) is 0.708. The largest absolute Gasteiger partial charge is 0.480 e. The van der Waals surface area contributed by atoms with Gasteiger partial charge in [-0.1, -0.05) is 27.7 Å². The van der Waals surface area contributed by atoms with Crippen molar-refractivity contribution >= 4 is 5.97 Å². The van der Waals surface area contributed by atoms with Crippen LogP contribution in [0.15, 0.2) is 10.6 Å². The summed E-state index contributed by atoms with van der Waals surface area (Å²) >= 11 is 0. The highest BCUT2D eigenvalue weighted by Crippen LogP contribution is 2.34. The molecule has 1 aliphatic heterocycles. The average molecular weight is 280 g/mol. The Morgan fingerprint density at radius 3 is 2.75 bits per heavy atom. The van der Waals surface area contributed by atoms with Crippen LogP contribution >= 0.6 is 0 Å². The van der Waals surface area contributed by atoms with Gasteiger partial charge in [0.15, 0.2) is 0 Å². The van der Waals surface area contributed by atoms with E-state index in [1.165, 1.54) is 0 Å². The smallest absolute Gasteiger partial charge is 0.324 e. The quantitative estimate of drug-likeness (QED) is 0.918.